The van der Waals surface area contributed by atoms with E-state index >= 15 is 0 Å². The number of alkyl halides is 3. The summed E-state index contributed by atoms with van der Waals surface area (Å²) in [6.45, 7) is -0.282. The summed E-state index contributed by atoms with van der Waals surface area (Å²) in [7, 11) is 0. The summed E-state index contributed by atoms with van der Waals surface area (Å²) < 4.78 is 42.6. The molecule has 0 aliphatic heterocycles. The maximum Gasteiger partial charge on any atom is 0.431 e. The second-order valence-corrected chi connectivity index (χ2v) is 3.82. The van der Waals surface area contributed by atoms with Crippen molar-refractivity contribution >= 4 is 12.2 Å². The van der Waals surface area contributed by atoms with Gasteiger partial charge in [-0.25, -0.2) is 4.79 Å². The maximum absolute atomic E-state index is 12.5. The molecule has 0 fully saturated rings. The summed E-state index contributed by atoms with van der Waals surface area (Å²) >= 11 is 0. The molecule has 2 heterocycles. The van der Waals surface area contributed by atoms with E-state index in [1.165, 1.54) is 24.3 Å². The number of rotatable bonds is 3. The minimum absolute atomic E-state index is 0.150. The Labute approximate surface area is 110 Å². The number of aliphatic hydroxyl groups is 1. The van der Waals surface area contributed by atoms with Crippen LogP contribution in [0.5, 0.6) is 0 Å². The van der Waals surface area contributed by atoms with Crippen molar-refractivity contribution in [2.45, 2.75) is 12.8 Å². The van der Waals surface area contributed by atoms with Gasteiger partial charge in [-0.1, -0.05) is 0 Å². The van der Waals surface area contributed by atoms with E-state index in [1.54, 1.807) is 4.98 Å². The lowest BCUT2D eigenvalue weighted by atomic mass is 10.3. The van der Waals surface area contributed by atoms with Gasteiger partial charge < -0.3 is 14.5 Å². The van der Waals surface area contributed by atoms with Gasteiger partial charge in [-0.3, -0.25) is 0 Å². The molecule has 2 N–H and O–H groups in total. The Kier molecular flexibility index (Phi) is 3.75. The number of hydrogen-bond donors (Lipinski definition) is 2. The van der Waals surface area contributed by atoms with Crippen LogP contribution in [0.4, 0.5) is 13.2 Å². The molecule has 0 saturated heterocycles. The molecule has 0 radical (unpaired) electrons. The molecular weight excluding hydrogens is 277 g/mol. The maximum atomic E-state index is 12.5. The molecule has 0 unspecified atom stereocenters. The number of nitrogens with one attached hydrogen (secondary N) is 1. The lowest BCUT2D eigenvalue weighted by molar-refractivity contribution is -0.141. The third-order valence-electron chi connectivity index (χ3n) is 2.33. The fourth-order valence-electron chi connectivity index (χ4n) is 1.45. The molecule has 0 amide bonds. The van der Waals surface area contributed by atoms with Crippen molar-refractivity contribution in [2.24, 2.45) is 0 Å². The lowest BCUT2D eigenvalue weighted by Gasteiger charge is -2.05. The van der Waals surface area contributed by atoms with Crippen LogP contribution in [0.3, 0.4) is 0 Å². The van der Waals surface area contributed by atoms with Gasteiger partial charge in [-0.15, -0.1) is 0 Å². The van der Waals surface area contributed by atoms with Gasteiger partial charge in [0.2, 0.25) is 0 Å². The number of halogens is 3. The predicted octanol–water partition coefficient (Wildman–Crippen LogP) is 2.04. The van der Waals surface area contributed by atoms with Crippen LogP contribution in [0.15, 0.2) is 27.4 Å². The zero-order valence-electron chi connectivity index (χ0n) is 9.94. The average molecular weight is 286 g/mol. The first-order valence-electron chi connectivity index (χ1n) is 5.45. The van der Waals surface area contributed by atoms with E-state index < -0.39 is 17.6 Å². The van der Waals surface area contributed by atoms with E-state index in [1.807, 2.05) is 0 Å². The standard InChI is InChI=1S/C12H9F3N2O3/c13-12(14,15)10-5-7(16-11(19)17-10)1-2-8-3-4-9(6-18)20-8/h1-5,18H,6H2,(H,16,17,19)/b2-1+. The Bertz CT molecular complexity index is 686. The van der Waals surface area contributed by atoms with Crippen LogP contribution in [0.1, 0.15) is 22.9 Å². The molecule has 0 bridgehead atoms. The molecule has 0 spiro atoms. The molecule has 2 rings (SSSR count). The Morgan fingerprint density at radius 1 is 1.35 bits per heavy atom. The summed E-state index contributed by atoms with van der Waals surface area (Å²) in [5.41, 5.74) is -2.41. The third-order valence-corrected chi connectivity index (χ3v) is 2.33. The van der Waals surface area contributed by atoms with Crippen LogP contribution in [0.2, 0.25) is 0 Å². The summed E-state index contributed by atoms with van der Waals surface area (Å²) in [6, 6.07) is 3.76. The van der Waals surface area contributed by atoms with Crippen LogP contribution in [0.25, 0.3) is 12.2 Å². The van der Waals surface area contributed by atoms with Crippen LogP contribution >= 0.6 is 0 Å². The molecule has 0 atom stereocenters. The molecule has 5 nitrogen and oxygen atoms in total. The Morgan fingerprint density at radius 3 is 2.70 bits per heavy atom. The first-order chi connectivity index (χ1) is 9.38. The number of furan rings is 1. The molecule has 0 aliphatic carbocycles. The van der Waals surface area contributed by atoms with Crippen molar-refractivity contribution in [3.63, 3.8) is 0 Å². The van der Waals surface area contributed by atoms with E-state index in [-0.39, 0.29) is 12.3 Å². The first kappa shape index (κ1) is 14.1. The Morgan fingerprint density at radius 2 is 2.10 bits per heavy atom. The number of aromatic nitrogens is 2. The second kappa shape index (κ2) is 5.33. The summed E-state index contributed by atoms with van der Waals surface area (Å²) in [4.78, 5) is 16.1. The van der Waals surface area contributed by atoms with Gasteiger partial charge in [0.05, 0.1) is 5.69 Å². The van der Waals surface area contributed by atoms with E-state index in [9.17, 15) is 18.0 Å². The van der Waals surface area contributed by atoms with Crippen LogP contribution in [-0.2, 0) is 12.8 Å². The van der Waals surface area contributed by atoms with Crippen molar-refractivity contribution in [1.29, 1.82) is 0 Å². The number of aromatic amines is 1. The molecule has 20 heavy (non-hydrogen) atoms. The first-order valence-corrected chi connectivity index (χ1v) is 5.45. The quantitative estimate of drug-likeness (QED) is 0.905. The highest BCUT2D eigenvalue weighted by molar-refractivity contribution is 5.65. The van der Waals surface area contributed by atoms with Gasteiger partial charge in [-0.05, 0) is 30.4 Å². The van der Waals surface area contributed by atoms with Crippen molar-refractivity contribution in [3.8, 4) is 0 Å². The van der Waals surface area contributed by atoms with Crippen LogP contribution in [0, 0.1) is 0 Å². The fraction of sp³-hybridized carbons (Fsp3) is 0.167. The van der Waals surface area contributed by atoms with E-state index in [0.29, 0.717) is 17.6 Å². The molecule has 2 aromatic heterocycles. The van der Waals surface area contributed by atoms with Crippen molar-refractivity contribution in [2.75, 3.05) is 0 Å². The molecular formula is C12H9F3N2O3. The highest BCUT2D eigenvalue weighted by atomic mass is 19.4. The SMILES string of the molecule is O=c1nc(/C=C/c2ccc(CO)o2)cc(C(F)(F)F)[nH]1. The Hall–Kier alpha value is -2.35. The van der Waals surface area contributed by atoms with Gasteiger partial charge in [0.25, 0.3) is 0 Å². The van der Waals surface area contributed by atoms with Crippen molar-refractivity contribution < 1.29 is 22.7 Å². The van der Waals surface area contributed by atoms with Crippen LogP contribution in [-0.4, -0.2) is 15.1 Å². The zero-order chi connectivity index (χ0) is 14.8. The van der Waals surface area contributed by atoms with Crippen LogP contribution < -0.4 is 5.69 Å². The minimum Gasteiger partial charge on any atom is -0.459 e. The third kappa shape index (κ3) is 3.35. The van der Waals surface area contributed by atoms with E-state index in [0.717, 1.165) is 0 Å². The van der Waals surface area contributed by atoms with Crippen molar-refractivity contribution in [1.82, 2.24) is 9.97 Å². The molecule has 0 saturated carbocycles. The smallest absolute Gasteiger partial charge is 0.431 e. The number of hydrogen-bond acceptors (Lipinski definition) is 4. The molecule has 0 aliphatic rings. The predicted molar refractivity (Wildman–Crippen MR) is 63.4 cm³/mol. The molecule has 106 valence electrons. The van der Waals surface area contributed by atoms with Gasteiger partial charge in [0, 0.05) is 0 Å². The normalized spacial score (nSPS) is 12.2. The number of H-pyrrole nitrogens is 1. The second-order valence-electron chi connectivity index (χ2n) is 3.82. The zero-order valence-corrected chi connectivity index (χ0v) is 9.94. The minimum atomic E-state index is -4.65. The lowest BCUT2D eigenvalue weighted by Crippen LogP contribution is -2.19. The summed E-state index contributed by atoms with van der Waals surface area (Å²) in [5, 5.41) is 8.80. The topological polar surface area (TPSA) is 79.1 Å². The monoisotopic (exact) mass is 286 g/mol. The highest BCUT2D eigenvalue weighted by Gasteiger charge is 2.32. The molecule has 2 aromatic rings. The van der Waals surface area contributed by atoms with E-state index in [2.05, 4.69) is 4.98 Å². The van der Waals surface area contributed by atoms with Gasteiger partial charge >= 0.3 is 11.9 Å². The summed E-state index contributed by atoms with van der Waals surface area (Å²) in [5.74, 6) is 0.643. The Balaban J connectivity index is 2.29. The average Bonchev–Trinajstić information content (AvgIpc) is 2.82. The summed E-state index contributed by atoms with van der Waals surface area (Å²) in [6.07, 6.45) is -2.09. The molecule has 0 aromatic carbocycles. The largest absolute Gasteiger partial charge is 0.459 e. The van der Waals surface area contributed by atoms with E-state index in [4.69, 9.17) is 9.52 Å². The van der Waals surface area contributed by atoms with Gasteiger partial charge in [0.1, 0.15) is 23.8 Å². The fourth-order valence-corrected chi connectivity index (χ4v) is 1.45. The highest BCUT2D eigenvalue weighted by Crippen LogP contribution is 2.27. The van der Waals surface area contributed by atoms with Crippen molar-refractivity contribution in [3.05, 3.63) is 51.6 Å². The molecule has 8 heteroatoms. The van der Waals surface area contributed by atoms with Gasteiger partial charge in [0.15, 0.2) is 0 Å². The number of nitrogens with zero attached hydrogens (tertiary/aromatic N) is 1. The van der Waals surface area contributed by atoms with Gasteiger partial charge in [-0.2, -0.15) is 18.2 Å². The number of aliphatic hydroxyl groups excluding tert-OH is 1.